The molecule has 0 saturated heterocycles. The lowest BCUT2D eigenvalue weighted by Crippen LogP contribution is -2.26. The fourth-order valence-electron chi connectivity index (χ4n) is 1.77. The van der Waals surface area contributed by atoms with E-state index < -0.39 is 0 Å². The summed E-state index contributed by atoms with van der Waals surface area (Å²) in [5.74, 6) is 0.136. The van der Waals surface area contributed by atoms with Gasteiger partial charge >= 0.3 is 0 Å². The van der Waals surface area contributed by atoms with Gasteiger partial charge in [0.05, 0.1) is 12.2 Å². The highest BCUT2D eigenvalue weighted by Crippen LogP contribution is 2.26. The van der Waals surface area contributed by atoms with Gasteiger partial charge in [-0.1, -0.05) is 24.3 Å². The Hall–Kier alpha value is -2.15. The average molecular weight is 305 g/mol. The van der Waals surface area contributed by atoms with Crippen molar-refractivity contribution in [3.05, 3.63) is 35.0 Å². The second-order valence-electron chi connectivity index (χ2n) is 4.64. The molecule has 2 aromatic heterocycles. The Morgan fingerprint density at radius 3 is 2.95 bits per heavy atom. The Morgan fingerprint density at radius 1 is 1.48 bits per heavy atom. The number of anilines is 2. The van der Waals surface area contributed by atoms with E-state index in [0.29, 0.717) is 16.6 Å². The van der Waals surface area contributed by atoms with Crippen LogP contribution >= 0.6 is 11.3 Å². The van der Waals surface area contributed by atoms with Gasteiger partial charge in [-0.3, -0.25) is 9.78 Å². The molecule has 0 atom stereocenters. The van der Waals surface area contributed by atoms with Crippen LogP contribution in [0.3, 0.4) is 0 Å². The summed E-state index contributed by atoms with van der Waals surface area (Å²) in [5, 5.41) is 3.83. The van der Waals surface area contributed by atoms with Crippen LogP contribution in [0, 0.1) is 0 Å². The molecule has 3 N–H and O–H groups in total. The third kappa shape index (κ3) is 3.91. The van der Waals surface area contributed by atoms with E-state index in [1.165, 1.54) is 11.3 Å². The number of aromatic nitrogens is 2. The van der Waals surface area contributed by atoms with Gasteiger partial charge in [0, 0.05) is 19.8 Å². The molecule has 0 saturated carbocycles. The number of hydrogen-bond donors (Lipinski definition) is 2. The Bertz CT molecular complexity index is 599. The zero-order chi connectivity index (χ0) is 15.2. The van der Waals surface area contributed by atoms with E-state index in [-0.39, 0.29) is 11.7 Å². The number of nitrogens with two attached hydrogens (primary N) is 1. The van der Waals surface area contributed by atoms with Crippen LogP contribution in [0.4, 0.5) is 10.9 Å². The van der Waals surface area contributed by atoms with Crippen LogP contribution in [0.5, 0.6) is 0 Å². The molecule has 0 aromatic carbocycles. The SMILES string of the molecule is CCCNc1nc(N)c(C(=O)N(C)Cc2ccccn2)s1. The van der Waals surface area contributed by atoms with Crippen LogP contribution in [0.15, 0.2) is 24.4 Å². The highest BCUT2D eigenvalue weighted by molar-refractivity contribution is 7.18. The van der Waals surface area contributed by atoms with Crippen LogP contribution in [0.1, 0.15) is 28.7 Å². The molecule has 0 aliphatic carbocycles. The zero-order valence-electron chi connectivity index (χ0n) is 12.2. The van der Waals surface area contributed by atoms with Crippen LogP contribution in [-0.2, 0) is 6.54 Å². The van der Waals surface area contributed by atoms with E-state index in [9.17, 15) is 4.79 Å². The molecule has 7 heteroatoms. The van der Waals surface area contributed by atoms with Crippen molar-refractivity contribution in [1.82, 2.24) is 14.9 Å². The lowest BCUT2D eigenvalue weighted by Gasteiger charge is -2.15. The molecular formula is C14H19N5OS. The van der Waals surface area contributed by atoms with E-state index in [1.54, 1.807) is 18.1 Å². The van der Waals surface area contributed by atoms with Gasteiger partial charge in [-0.25, -0.2) is 4.98 Å². The molecule has 0 fully saturated rings. The minimum absolute atomic E-state index is 0.139. The van der Waals surface area contributed by atoms with Gasteiger partial charge in [-0.2, -0.15) is 0 Å². The standard InChI is InChI=1S/C14H19N5OS/c1-3-7-17-14-18-12(15)11(21-14)13(20)19(2)9-10-6-4-5-8-16-10/h4-6,8H,3,7,9,15H2,1-2H3,(H,17,18). The number of amides is 1. The Kier molecular flexibility index (Phi) is 5.10. The van der Waals surface area contributed by atoms with Crippen molar-refractivity contribution >= 4 is 28.2 Å². The van der Waals surface area contributed by atoms with Gasteiger partial charge in [-0.15, -0.1) is 0 Å². The Balaban J connectivity index is 2.06. The van der Waals surface area contributed by atoms with Crippen molar-refractivity contribution in [3.8, 4) is 0 Å². The van der Waals surface area contributed by atoms with Crippen LogP contribution < -0.4 is 11.1 Å². The summed E-state index contributed by atoms with van der Waals surface area (Å²) in [4.78, 5) is 22.9. The van der Waals surface area contributed by atoms with Crippen molar-refractivity contribution in [2.45, 2.75) is 19.9 Å². The number of pyridine rings is 1. The van der Waals surface area contributed by atoms with Crippen molar-refractivity contribution < 1.29 is 4.79 Å². The number of hydrogen-bond acceptors (Lipinski definition) is 6. The third-order valence-corrected chi connectivity index (χ3v) is 3.86. The third-order valence-electron chi connectivity index (χ3n) is 2.85. The summed E-state index contributed by atoms with van der Waals surface area (Å²) in [7, 11) is 1.73. The summed E-state index contributed by atoms with van der Waals surface area (Å²) in [5.41, 5.74) is 6.68. The van der Waals surface area contributed by atoms with E-state index in [2.05, 4.69) is 22.2 Å². The number of carbonyl (C=O) groups is 1. The lowest BCUT2D eigenvalue weighted by atomic mass is 10.3. The van der Waals surface area contributed by atoms with E-state index in [4.69, 9.17) is 5.73 Å². The normalized spacial score (nSPS) is 10.4. The number of nitrogen functional groups attached to an aromatic ring is 1. The van der Waals surface area contributed by atoms with Crippen molar-refractivity contribution in [1.29, 1.82) is 0 Å². The molecule has 112 valence electrons. The number of nitrogens with one attached hydrogen (secondary N) is 1. The fraction of sp³-hybridized carbons (Fsp3) is 0.357. The summed E-state index contributed by atoms with van der Waals surface area (Å²) >= 11 is 1.29. The van der Waals surface area contributed by atoms with E-state index >= 15 is 0 Å². The van der Waals surface area contributed by atoms with Crippen LogP contribution in [-0.4, -0.2) is 34.4 Å². The fourth-order valence-corrected chi connectivity index (χ4v) is 2.68. The summed E-state index contributed by atoms with van der Waals surface area (Å²) in [6.07, 6.45) is 2.70. The second kappa shape index (κ2) is 7.03. The summed E-state index contributed by atoms with van der Waals surface area (Å²) < 4.78 is 0. The lowest BCUT2D eigenvalue weighted by molar-refractivity contribution is 0.0789. The molecule has 2 aromatic rings. The van der Waals surface area contributed by atoms with E-state index in [1.807, 2.05) is 18.2 Å². The maximum Gasteiger partial charge on any atom is 0.267 e. The quantitative estimate of drug-likeness (QED) is 0.855. The van der Waals surface area contributed by atoms with Crippen molar-refractivity contribution in [2.24, 2.45) is 0 Å². The maximum atomic E-state index is 12.4. The molecule has 0 aliphatic heterocycles. The van der Waals surface area contributed by atoms with Crippen LogP contribution in [0.2, 0.25) is 0 Å². The van der Waals surface area contributed by atoms with Crippen molar-refractivity contribution in [3.63, 3.8) is 0 Å². The Morgan fingerprint density at radius 2 is 2.29 bits per heavy atom. The van der Waals surface area contributed by atoms with Gasteiger partial charge < -0.3 is 16.0 Å². The molecule has 0 spiro atoms. The molecule has 0 radical (unpaired) electrons. The predicted molar refractivity (Wildman–Crippen MR) is 85.3 cm³/mol. The average Bonchev–Trinajstić information content (AvgIpc) is 2.86. The summed E-state index contributed by atoms with van der Waals surface area (Å²) in [6.45, 7) is 3.32. The van der Waals surface area contributed by atoms with Gasteiger partial charge in [0.2, 0.25) is 0 Å². The van der Waals surface area contributed by atoms with Gasteiger partial charge in [0.15, 0.2) is 5.13 Å². The first-order chi connectivity index (χ1) is 10.1. The van der Waals surface area contributed by atoms with E-state index in [0.717, 1.165) is 18.7 Å². The largest absolute Gasteiger partial charge is 0.382 e. The smallest absolute Gasteiger partial charge is 0.267 e. The minimum atomic E-state index is -0.139. The number of rotatable bonds is 6. The van der Waals surface area contributed by atoms with Gasteiger partial charge in [0.25, 0.3) is 5.91 Å². The first-order valence-electron chi connectivity index (χ1n) is 6.77. The first-order valence-corrected chi connectivity index (χ1v) is 7.59. The Labute approximate surface area is 128 Å². The maximum absolute atomic E-state index is 12.4. The highest BCUT2D eigenvalue weighted by atomic mass is 32.1. The minimum Gasteiger partial charge on any atom is -0.382 e. The first kappa shape index (κ1) is 15.2. The molecule has 21 heavy (non-hydrogen) atoms. The monoisotopic (exact) mass is 305 g/mol. The van der Waals surface area contributed by atoms with Crippen molar-refractivity contribution in [2.75, 3.05) is 24.6 Å². The summed E-state index contributed by atoms with van der Waals surface area (Å²) in [6, 6.07) is 5.63. The van der Waals surface area contributed by atoms with Gasteiger partial charge in [-0.05, 0) is 18.6 Å². The van der Waals surface area contributed by atoms with Crippen LogP contribution in [0.25, 0.3) is 0 Å². The highest BCUT2D eigenvalue weighted by Gasteiger charge is 2.20. The molecule has 2 heterocycles. The zero-order valence-corrected chi connectivity index (χ0v) is 13.0. The molecule has 0 aliphatic rings. The predicted octanol–water partition coefficient (Wildman–Crippen LogP) is 2.21. The topological polar surface area (TPSA) is 84.1 Å². The molecule has 0 unspecified atom stereocenters. The number of carbonyl (C=O) groups excluding carboxylic acids is 1. The second-order valence-corrected chi connectivity index (χ2v) is 5.64. The molecular weight excluding hydrogens is 286 g/mol. The number of thiazole rings is 1. The molecule has 0 bridgehead atoms. The molecule has 6 nitrogen and oxygen atoms in total. The number of nitrogens with zero attached hydrogens (tertiary/aromatic N) is 3. The van der Waals surface area contributed by atoms with Gasteiger partial charge in [0.1, 0.15) is 10.7 Å². The molecule has 2 rings (SSSR count). The molecule has 1 amide bonds.